The Morgan fingerprint density at radius 1 is 1.10 bits per heavy atom. The van der Waals surface area contributed by atoms with Crippen molar-refractivity contribution in [3.05, 3.63) is 58.4 Å². The number of hydrogen-bond donors (Lipinski definition) is 1. The molecule has 0 fully saturated rings. The van der Waals surface area contributed by atoms with Crippen molar-refractivity contribution in [2.45, 2.75) is 0 Å². The van der Waals surface area contributed by atoms with E-state index in [1.54, 1.807) is 18.2 Å². The first-order valence-electron chi connectivity index (χ1n) is 5.71. The van der Waals surface area contributed by atoms with E-state index in [0.717, 1.165) is 12.1 Å². The summed E-state index contributed by atoms with van der Waals surface area (Å²) < 4.78 is 29.2. The Morgan fingerprint density at radius 3 is 2.40 bits per heavy atom. The van der Waals surface area contributed by atoms with Gasteiger partial charge in [0.2, 0.25) is 0 Å². The maximum atomic E-state index is 13.9. The zero-order valence-corrected chi connectivity index (χ0v) is 10.8. The smallest absolute Gasteiger partial charge is 0.182 e. The van der Waals surface area contributed by atoms with Crippen molar-refractivity contribution in [3.8, 4) is 11.8 Å². The van der Waals surface area contributed by atoms with Crippen LogP contribution in [-0.4, -0.2) is 9.55 Å². The van der Waals surface area contributed by atoms with E-state index in [9.17, 15) is 8.78 Å². The summed E-state index contributed by atoms with van der Waals surface area (Å²) in [5.41, 5.74) is 1.03. The van der Waals surface area contributed by atoms with Gasteiger partial charge in [0.15, 0.2) is 4.77 Å². The molecule has 3 rings (SSSR count). The van der Waals surface area contributed by atoms with Crippen LogP contribution in [0, 0.1) is 27.7 Å². The van der Waals surface area contributed by atoms with Crippen molar-refractivity contribution in [1.29, 1.82) is 5.26 Å². The fraction of sp³-hybridized carbons (Fsp3) is 0. The van der Waals surface area contributed by atoms with Gasteiger partial charge in [0, 0.05) is 0 Å². The summed E-state index contributed by atoms with van der Waals surface area (Å²) in [6.07, 6.45) is 0. The van der Waals surface area contributed by atoms with Gasteiger partial charge in [-0.1, -0.05) is 12.1 Å². The summed E-state index contributed by atoms with van der Waals surface area (Å²) in [5, 5.41) is 9.05. The lowest BCUT2D eigenvalue weighted by molar-refractivity contribution is 0.570. The highest BCUT2D eigenvalue weighted by atomic mass is 32.1. The monoisotopic (exact) mass is 287 g/mol. The summed E-state index contributed by atoms with van der Waals surface area (Å²) in [4.78, 5) is 2.82. The molecule has 1 heterocycles. The fourth-order valence-corrected chi connectivity index (χ4v) is 2.44. The minimum atomic E-state index is -0.718. The third kappa shape index (κ3) is 1.72. The van der Waals surface area contributed by atoms with E-state index >= 15 is 0 Å². The standard InChI is InChI=1S/C14H7F2N3S/c15-9-4-2-5-10(16)13(9)19-11-6-1-3-8(7-17)12(11)18-14(19)20/h1-6H,(H,18,20). The van der Waals surface area contributed by atoms with E-state index in [1.807, 2.05) is 6.07 Å². The van der Waals surface area contributed by atoms with Crippen molar-refractivity contribution in [3.63, 3.8) is 0 Å². The fourth-order valence-electron chi connectivity index (χ4n) is 2.15. The Balaban J connectivity index is 2.48. The molecule has 3 aromatic rings. The first kappa shape index (κ1) is 12.5. The van der Waals surface area contributed by atoms with Gasteiger partial charge in [-0.05, 0) is 36.5 Å². The molecule has 3 nitrogen and oxygen atoms in total. The van der Waals surface area contributed by atoms with Crippen LogP contribution in [0.5, 0.6) is 0 Å². The summed E-state index contributed by atoms with van der Waals surface area (Å²) in [7, 11) is 0. The summed E-state index contributed by atoms with van der Waals surface area (Å²) >= 11 is 5.13. The van der Waals surface area contributed by atoms with E-state index in [4.69, 9.17) is 17.5 Å². The molecule has 20 heavy (non-hydrogen) atoms. The Kier molecular flexibility index (Phi) is 2.84. The molecule has 0 saturated heterocycles. The number of nitrogens with zero attached hydrogens (tertiary/aromatic N) is 2. The Bertz CT molecular complexity index is 898. The lowest BCUT2D eigenvalue weighted by Gasteiger charge is -2.07. The molecule has 0 atom stereocenters. The van der Waals surface area contributed by atoms with Crippen LogP contribution in [0.2, 0.25) is 0 Å². The van der Waals surface area contributed by atoms with Crippen LogP contribution < -0.4 is 0 Å². The molecule has 1 aromatic heterocycles. The molecule has 0 spiro atoms. The summed E-state index contributed by atoms with van der Waals surface area (Å²) in [6, 6.07) is 10.5. The number of nitriles is 1. The number of imidazole rings is 1. The van der Waals surface area contributed by atoms with Gasteiger partial charge in [-0.2, -0.15) is 5.26 Å². The van der Waals surface area contributed by atoms with Gasteiger partial charge in [0.25, 0.3) is 0 Å². The zero-order chi connectivity index (χ0) is 14.3. The van der Waals surface area contributed by atoms with Gasteiger partial charge in [0.05, 0.1) is 16.6 Å². The molecule has 1 N–H and O–H groups in total. The second-order valence-electron chi connectivity index (χ2n) is 4.15. The third-order valence-electron chi connectivity index (χ3n) is 3.00. The predicted octanol–water partition coefficient (Wildman–Crippen LogP) is 3.84. The molecular weight excluding hydrogens is 280 g/mol. The van der Waals surface area contributed by atoms with Crippen LogP contribution in [0.1, 0.15) is 5.56 Å². The summed E-state index contributed by atoms with van der Waals surface area (Å²) in [5.74, 6) is -1.44. The second kappa shape index (κ2) is 4.54. The van der Waals surface area contributed by atoms with E-state index < -0.39 is 11.6 Å². The average molecular weight is 287 g/mol. The molecule has 0 bridgehead atoms. The van der Waals surface area contributed by atoms with E-state index in [2.05, 4.69) is 4.98 Å². The Morgan fingerprint density at radius 2 is 1.75 bits per heavy atom. The van der Waals surface area contributed by atoms with Crippen molar-refractivity contribution in [2.24, 2.45) is 0 Å². The van der Waals surface area contributed by atoms with Crippen LogP contribution in [-0.2, 0) is 0 Å². The minimum absolute atomic E-state index is 0.131. The van der Waals surface area contributed by atoms with E-state index in [1.165, 1.54) is 10.6 Å². The third-order valence-corrected chi connectivity index (χ3v) is 3.28. The molecule has 0 saturated carbocycles. The Hall–Kier alpha value is -2.52. The molecule has 0 amide bonds. The number of aromatic nitrogens is 2. The number of aromatic amines is 1. The molecule has 98 valence electrons. The number of nitrogens with one attached hydrogen (secondary N) is 1. The normalized spacial score (nSPS) is 10.7. The molecule has 2 aromatic carbocycles. The van der Waals surface area contributed by atoms with Crippen LogP contribution >= 0.6 is 12.2 Å². The van der Waals surface area contributed by atoms with Crippen molar-refractivity contribution in [2.75, 3.05) is 0 Å². The lowest BCUT2D eigenvalue weighted by Crippen LogP contribution is -2.01. The number of benzene rings is 2. The molecular formula is C14H7F2N3S. The number of fused-ring (bicyclic) bond motifs is 1. The first-order chi connectivity index (χ1) is 9.63. The van der Waals surface area contributed by atoms with Crippen LogP contribution in [0.4, 0.5) is 8.78 Å². The topological polar surface area (TPSA) is 44.5 Å². The van der Waals surface area contributed by atoms with Gasteiger partial charge < -0.3 is 4.98 Å². The van der Waals surface area contributed by atoms with Gasteiger partial charge in [-0.25, -0.2) is 8.78 Å². The van der Waals surface area contributed by atoms with Gasteiger partial charge in [0.1, 0.15) is 23.4 Å². The van der Waals surface area contributed by atoms with E-state index in [0.29, 0.717) is 16.6 Å². The van der Waals surface area contributed by atoms with Crippen LogP contribution in [0.15, 0.2) is 36.4 Å². The number of rotatable bonds is 1. The highest BCUT2D eigenvalue weighted by Gasteiger charge is 2.16. The number of hydrogen-bond acceptors (Lipinski definition) is 2. The highest BCUT2D eigenvalue weighted by molar-refractivity contribution is 7.71. The Labute approximate surface area is 117 Å². The molecule has 6 heteroatoms. The second-order valence-corrected chi connectivity index (χ2v) is 4.53. The zero-order valence-electron chi connectivity index (χ0n) is 10.0. The number of para-hydroxylation sites is 2. The van der Waals surface area contributed by atoms with Gasteiger partial charge in [-0.15, -0.1) is 0 Å². The quantitative estimate of drug-likeness (QED) is 0.691. The maximum absolute atomic E-state index is 13.9. The van der Waals surface area contributed by atoms with Crippen LogP contribution in [0.3, 0.4) is 0 Å². The minimum Gasteiger partial charge on any atom is -0.329 e. The maximum Gasteiger partial charge on any atom is 0.182 e. The predicted molar refractivity (Wildman–Crippen MR) is 73.1 cm³/mol. The highest BCUT2D eigenvalue weighted by Crippen LogP contribution is 2.25. The van der Waals surface area contributed by atoms with Crippen molar-refractivity contribution in [1.82, 2.24) is 9.55 Å². The van der Waals surface area contributed by atoms with Gasteiger partial charge in [-0.3, -0.25) is 4.57 Å². The molecule has 0 unspecified atom stereocenters. The molecule has 0 aliphatic rings. The molecule has 0 radical (unpaired) electrons. The molecule has 0 aliphatic carbocycles. The van der Waals surface area contributed by atoms with Gasteiger partial charge >= 0.3 is 0 Å². The van der Waals surface area contributed by atoms with Crippen molar-refractivity contribution >= 4 is 23.3 Å². The van der Waals surface area contributed by atoms with E-state index in [-0.39, 0.29) is 10.5 Å². The average Bonchev–Trinajstić information content (AvgIpc) is 2.75. The lowest BCUT2D eigenvalue weighted by atomic mass is 10.2. The number of H-pyrrole nitrogens is 1. The molecule has 0 aliphatic heterocycles. The first-order valence-corrected chi connectivity index (χ1v) is 6.12. The largest absolute Gasteiger partial charge is 0.329 e. The SMILES string of the molecule is N#Cc1cccc2c1[nH]c(=S)n2-c1c(F)cccc1F. The summed E-state index contributed by atoms with van der Waals surface area (Å²) in [6.45, 7) is 0. The van der Waals surface area contributed by atoms with Crippen LogP contribution in [0.25, 0.3) is 16.7 Å². The number of halogens is 2. The van der Waals surface area contributed by atoms with Crippen molar-refractivity contribution < 1.29 is 8.78 Å².